The number of rotatable bonds is 9. The molecule has 0 aliphatic carbocycles. The van der Waals surface area contributed by atoms with Crippen molar-refractivity contribution in [3.63, 3.8) is 0 Å². The van der Waals surface area contributed by atoms with Gasteiger partial charge in [0.15, 0.2) is 0 Å². The quantitative estimate of drug-likeness (QED) is 0.343. The fourth-order valence-electron chi connectivity index (χ4n) is 2.91. The van der Waals surface area contributed by atoms with Gasteiger partial charge in [-0.15, -0.1) is 10.2 Å². The van der Waals surface area contributed by atoms with E-state index in [0.29, 0.717) is 24.3 Å². The summed E-state index contributed by atoms with van der Waals surface area (Å²) in [5.74, 6) is -0.567. The molecule has 0 radical (unpaired) electrons. The van der Waals surface area contributed by atoms with E-state index in [0.717, 1.165) is 23.0 Å². The second-order valence-electron chi connectivity index (χ2n) is 7.63. The fraction of sp³-hybridized carbons (Fsp3) is 0.364. The Morgan fingerprint density at radius 2 is 1.78 bits per heavy atom. The average molecular weight is 470 g/mol. The lowest BCUT2D eigenvalue weighted by molar-refractivity contribution is -0.138. The first-order valence-electron chi connectivity index (χ1n) is 9.93. The molecule has 172 valence electrons. The van der Waals surface area contributed by atoms with Gasteiger partial charge in [0.1, 0.15) is 21.6 Å². The van der Waals surface area contributed by atoms with Crippen molar-refractivity contribution in [3.05, 3.63) is 64.4 Å². The van der Waals surface area contributed by atoms with E-state index in [-0.39, 0.29) is 35.4 Å². The topological polar surface area (TPSA) is 81.3 Å². The van der Waals surface area contributed by atoms with E-state index in [1.54, 1.807) is 19.1 Å². The number of aromatic nitrogens is 2. The number of aryl methyl sites for hydroxylation is 1. The van der Waals surface area contributed by atoms with Crippen molar-refractivity contribution in [1.29, 1.82) is 0 Å². The largest absolute Gasteiger partial charge is 0.493 e. The Kier molecular flexibility index (Phi) is 7.47. The Morgan fingerprint density at radius 3 is 2.44 bits per heavy atom. The normalized spacial score (nSPS) is 13.7. The standard InChI is InChI=1S/C22H23F4N3O2S/c1-21(27,13-30)20-29-28-19(32-20)15-7-10-18(17(12-15)22(24,25)26)31-11-3-2-4-14-5-8-16(23)9-6-14/h5-10,12,30H,2-4,11,13,27H2,1H3/t21-/m0/s1. The summed E-state index contributed by atoms with van der Waals surface area (Å²) in [7, 11) is 0. The maximum atomic E-state index is 13.6. The predicted molar refractivity (Wildman–Crippen MR) is 114 cm³/mol. The van der Waals surface area contributed by atoms with Gasteiger partial charge < -0.3 is 15.6 Å². The summed E-state index contributed by atoms with van der Waals surface area (Å²) in [6, 6.07) is 9.86. The van der Waals surface area contributed by atoms with Gasteiger partial charge in [0.2, 0.25) is 0 Å². The molecule has 1 heterocycles. The highest BCUT2D eigenvalue weighted by atomic mass is 32.1. The number of hydrogen-bond acceptors (Lipinski definition) is 6. The molecule has 0 unspecified atom stereocenters. The fourth-order valence-corrected chi connectivity index (χ4v) is 3.80. The third kappa shape index (κ3) is 6.02. The third-order valence-corrected chi connectivity index (χ3v) is 6.06. The van der Waals surface area contributed by atoms with Crippen LogP contribution < -0.4 is 10.5 Å². The minimum atomic E-state index is -4.61. The van der Waals surface area contributed by atoms with Crippen molar-refractivity contribution < 1.29 is 27.4 Å². The molecular weight excluding hydrogens is 446 g/mol. The highest BCUT2D eigenvalue weighted by Crippen LogP contribution is 2.39. The van der Waals surface area contributed by atoms with Gasteiger partial charge in [-0.1, -0.05) is 23.5 Å². The number of aliphatic hydroxyl groups is 1. The van der Waals surface area contributed by atoms with Gasteiger partial charge in [-0.25, -0.2) is 4.39 Å². The molecular formula is C22H23F4N3O2S. The Hall–Kier alpha value is -2.56. The molecule has 3 rings (SSSR count). The van der Waals surface area contributed by atoms with Gasteiger partial charge >= 0.3 is 6.18 Å². The number of nitrogens with two attached hydrogens (primary N) is 1. The molecule has 0 saturated carbocycles. The molecule has 3 aromatic rings. The lowest BCUT2D eigenvalue weighted by Gasteiger charge is -2.17. The molecule has 2 aromatic carbocycles. The van der Waals surface area contributed by atoms with Crippen molar-refractivity contribution in [1.82, 2.24) is 10.2 Å². The molecule has 0 saturated heterocycles. The Balaban J connectivity index is 1.67. The number of alkyl halides is 3. The van der Waals surface area contributed by atoms with Gasteiger partial charge in [-0.2, -0.15) is 13.2 Å². The molecule has 0 aliphatic rings. The van der Waals surface area contributed by atoms with E-state index in [2.05, 4.69) is 10.2 Å². The Morgan fingerprint density at radius 1 is 1.06 bits per heavy atom. The van der Waals surface area contributed by atoms with Crippen molar-refractivity contribution in [2.24, 2.45) is 5.73 Å². The summed E-state index contributed by atoms with van der Waals surface area (Å²) in [6.07, 6.45) is -2.68. The predicted octanol–water partition coefficient (Wildman–Crippen LogP) is 4.93. The van der Waals surface area contributed by atoms with Crippen molar-refractivity contribution in [2.75, 3.05) is 13.2 Å². The Labute approximate surface area is 186 Å². The van der Waals surface area contributed by atoms with Gasteiger partial charge in [0.05, 0.1) is 24.3 Å². The lowest BCUT2D eigenvalue weighted by Crippen LogP contribution is -2.36. The molecule has 0 amide bonds. The first-order valence-corrected chi connectivity index (χ1v) is 10.7. The van der Waals surface area contributed by atoms with Gasteiger partial charge in [0, 0.05) is 5.56 Å². The van der Waals surface area contributed by atoms with Crippen LogP contribution in [-0.4, -0.2) is 28.5 Å². The van der Waals surface area contributed by atoms with Crippen molar-refractivity contribution >= 4 is 11.3 Å². The second kappa shape index (κ2) is 9.93. The van der Waals surface area contributed by atoms with Crippen LogP contribution in [0.5, 0.6) is 5.75 Å². The number of aliphatic hydroxyl groups excluding tert-OH is 1. The van der Waals surface area contributed by atoms with Crippen LogP contribution in [0.15, 0.2) is 42.5 Å². The Bertz CT molecular complexity index is 1040. The number of benzene rings is 2. The third-order valence-electron chi connectivity index (χ3n) is 4.80. The minimum Gasteiger partial charge on any atom is -0.493 e. The van der Waals surface area contributed by atoms with E-state index in [1.807, 2.05) is 0 Å². The zero-order chi connectivity index (χ0) is 23.4. The highest BCUT2D eigenvalue weighted by molar-refractivity contribution is 7.14. The summed E-state index contributed by atoms with van der Waals surface area (Å²) >= 11 is 1.03. The molecule has 0 aliphatic heterocycles. The number of ether oxygens (including phenoxy) is 1. The molecule has 0 spiro atoms. The summed E-state index contributed by atoms with van der Waals surface area (Å²) in [5.41, 5.74) is 5.08. The molecule has 32 heavy (non-hydrogen) atoms. The van der Waals surface area contributed by atoms with E-state index in [1.165, 1.54) is 24.3 Å². The maximum Gasteiger partial charge on any atom is 0.419 e. The zero-order valence-electron chi connectivity index (χ0n) is 17.3. The van der Waals surface area contributed by atoms with E-state index in [4.69, 9.17) is 10.5 Å². The maximum absolute atomic E-state index is 13.6. The van der Waals surface area contributed by atoms with Crippen molar-refractivity contribution in [3.8, 4) is 16.3 Å². The van der Waals surface area contributed by atoms with E-state index in [9.17, 15) is 22.7 Å². The van der Waals surface area contributed by atoms with Gasteiger partial charge in [-0.05, 0) is 62.1 Å². The van der Waals surface area contributed by atoms with Gasteiger partial charge in [-0.3, -0.25) is 0 Å². The number of nitrogens with zero attached hydrogens (tertiary/aromatic N) is 2. The van der Waals surface area contributed by atoms with E-state index < -0.39 is 17.3 Å². The molecule has 0 fully saturated rings. The molecule has 5 nitrogen and oxygen atoms in total. The van der Waals surface area contributed by atoms with Crippen LogP contribution in [0.25, 0.3) is 10.6 Å². The monoisotopic (exact) mass is 469 g/mol. The van der Waals surface area contributed by atoms with Crippen LogP contribution in [0.1, 0.15) is 35.9 Å². The van der Waals surface area contributed by atoms with Gasteiger partial charge in [0.25, 0.3) is 0 Å². The molecule has 10 heteroatoms. The van der Waals surface area contributed by atoms with Crippen LogP contribution in [0.2, 0.25) is 0 Å². The van der Waals surface area contributed by atoms with Crippen LogP contribution >= 0.6 is 11.3 Å². The summed E-state index contributed by atoms with van der Waals surface area (Å²) < 4.78 is 59.2. The average Bonchev–Trinajstić information content (AvgIpc) is 3.25. The highest BCUT2D eigenvalue weighted by Gasteiger charge is 2.35. The molecule has 1 aromatic heterocycles. The smallest absolute Gasteiger partial charge is 0.419 e. The zero-order valence-corrected chi connectivity index (χ0v) is 18.1. The van der Waals surface area contributed by atoms with Crippen molar-refractivity contribution in [2.45, 2.75) is 37.9 Å². The first-order chi connectivity index (χ1) is 15.1. The number of hydrogen-bond donors (Lipinski definition) is 2. The number of halogens is 4. The van der Waals surface area contributed by atoms with Crippen LogP contribution in [-0.2, 0) is 18.1 Å². The number of unbranched alkanes of at least 4 members (excludes halogenated alkanes) is 1. The van der Waals surface area contributed by atoms with E-state index >= 15 is 0 Å². The first kappa shape index (κ1) is 24.1. The summed E-state index contributed by atoms with van der Waals surface area (Å²) in [4.78, 5) is 0. The van der Waals surface area contributed by atoms with Crippen LogP contribution in [0, 0.1) is 5.82 Å². The summed E-state index contributed by atoms with van der Waals surface area (Å²) in [6.45, 7) is 1.31. The minimum absolute atomic E-state index is 0.120. The molecule has 3 N–H and O–H groups in total. The second-order valence-corrected chi connectivity index (χ2v) is 8.61. The molecule has 1 atom stereocenters. The van der Waals surface area contributed by atoms with Crippen LogP contribution in [0.3, 0.4) is 0 Å². The SMILES string of the molecule is C[C@](N)(CO)c1nnc(-c2ccc(OCCCCc3ccc(F)cc3)c(C(F)(F)F)c2)s1. The lowest BCUT2D eigenvalue weighted by atomic mass is 10.1. The van der Waals surface area contributed by atoms with Crippen LogP contribution in [0.4, 0.5) is 17.6 Å². The summed E-state index contributed by atoms with van der Waals surface area (Å²) in [5, 5.41) is 17.8. The molecule has 0 bridgehead atoms.